The van der Waals surface area contributed by atoms with E-state index in [9.17, 15) is 0 Å². The summed E-state index contributed by atoms with van der Waals surface area (Å²) in [6.45, 7) is 4.65. The average Bonchev–Trinajstić information content (AvgIpc) is 3.62. The van der Waals surface area contributed by atoms with Crippen LogP contribution in [0, 0.1) is 0 Å². The van der Waals surface area contributed by atoms with Crippen LogP contribution in [0.3, 0.4) is 0 Å². The second-order valence-corrected chi connectivity index (χ2v) is 11.7. The zero-order chi connectivity index (χ0) is 27.3. The molecule has 0 fully saturated rings. The zero-order valence-electron chi connectivity index (χ0n) is 22.8. The Morgan fingerprint density at radius 3 is 2.32 bits per heavy atom. The topological polar surface area (TPSA) is 31.0 Å². The van der Waals surface area contributed by atoms with Crippen molar-refractivity contribution in [2.75, 3.05) is 0 Å². The van der Waals surface area contributed by atoms with Gasteiger partial charge in [-0.2, -0.15) is 0 Å². The first-order valence-corrected chi connectivity index (χ1v) is 14.1. The minimum absolute atomic E-state index is 0.0127. The monoisotopic (exact) mass is 526 g/mol. The molecule has 0 saturated carbocycles. The Labute approximate surface area is 237 Å². The number of nitrogens with zero attached hydrogens (tertiary/aromatic N) is 2. The van der Waals surface area contributed by atoms with Gasteiger partial charge >= 0.3 is 0 Å². The second-order valence-electron chi connectivity index (χ2n) is 11.7. The van der Waals surface area contributed by atoms with E-state index in [-0.39, 0.29) is 5.41 Å². The highest BCUT2D eigenvalue weighted by atomic mass is 16.3. The summed E-state index contributed by atoms with van der Waals surface area (Å²) >= 11 is 0. The molecule has 0 unspecified atom stereocenters. The largest absolute Gasteiger partial charge is 0.456 e. The van der Waals surface area contributed by atoms with Crippen LogP contribution in [0.5, 0.6) is 0 Å². The minimum atomic E-state index is 0.0127. The molecule has 9 rings (SSSR count). The molecule has 194 valence electrons. The van der Waals surface area contributed by atoms with Gasteiger partial charge in [-0.15, -0.1) is 0 Å². The molecule has 0 bridgehead atoms. The molecule has 41 heavy (non-hydrogen) atoms. The van der Waals surface area contributed by atoms with Crippen LogP contribution in [-0.2, 0) is 5.41 Å². The van der Waals surface area contributed by atoms with E-state index in [2.05, 4.69) is 128 Å². The lowest BCUT2D eigenvalue weighted by Crippen LogP contribution is -2.14. The number of furan rings is 1. The Hall–Kier alpha value is -5.15. The number of aromatic nitrogens is 2. The van der Waals surface area contributed by atoms with Crippen molar-refractivity contribution in [3.05, 3.63) is 133 Å². The number of rotatable bonds is 2. The van der Waals surface area contributed by atoms with Gasteiger partial charge in [0, 0.05) is 39.2 Å². The first kappa shape index (κ1) is 22.6. The summed E-state index contributed by atoms with van der Waals surface area (Å²) in [5.41, 5.74) is 12.8. The van der Waals surface area contributed by atoms with Crippen LogP contribution in [0.4, 0.5) is 0 Å². The molecular formula is C38H26N2O. The molecule has 3 heteroatoms. The molecule has 8 aromatic rings. The van der Waals surface area contributed by atoms with E-state index in [0.29, 0.717) is 0 Å². The summed E-state index contributed by atoms with van der Waals surface area (Å²) in [6, 6.07) is 41.4. The van der Waals surface area contributed by atoms with Gasteiger partial charge in [-0.3, -0.25) is 4.57 Å². The van der Waals surface area contributed by atoms with Gasteiger partial charge < -0.3 is 4.42 Å². The van der Waals surface area contributed by atoms with Crippen LogP contribution in [0.2, 0.25) is 0 Å². The number of pyridine rings is 1. The Morgan fingerprint density at radius 1 is 0.585 bits per heavy atom. The van der Waals surface area contributed by atoms with Crippen molar-refractivity contribution in [1.29, 1.82) is 0 Å². The first-order chi connectivity index (χ1) is 20.1. The van der Waals surface area contributed by atoms with Crippen LogP contribution in [-0.4, -0.2) is 9.55 Å². The molecule has 1 aliphatic carbocycles. The maximum Gasteiger partial charge on any atom is 0.145 e. The summed E-state index contributed by atoms with van der Waals surface area (Å²) in [7, 11) is 0. The van der Waals surface area contributed by atoms with Gasteiger partial charge in [0.2, 0.25) is 0 Å². The molecule has 0 spiro atoms. The lowest BCUT2D eigenvalue weighted by Gasteiger charge is -2.21. The summed E-state index contributed by atoms with van der Waals surface area (Å²) in [5, 5.41) is 4.60. The van der Waals surface area contributed by atoms with E-state index in [1.807, 2.05) is 12.3 Å². The van der Waals surface area contributed by atoms with Gasteiger partial charge in [-0.05, 0) is 81.9 Å². The van der Waals surface area contributed by atoms with Crippen LogP contribution < -0.4 is 0 Å². The van der Waals surface area contributed by atoms with Gasteiger partial charge in [0.25, 0.3) is 0 Å². The predicted molar refractivity (Wildman–Crippen MR) is 169 cm³/mol. The molecule has 0 saturated heterocycles. The maximum absolute atomic E-state index is 6.42. The Balaban J connectivity index is 1.19. The van der Waals surface area contributed by atoms with E-state index < -0.39 is 0 Å². The van der Waals surface area contributed by atoms with Crippen molar-refractivity contribution in [2.24, 2.45) is 0 Å². The van der Waals surface area contributed by atoms with Crippen molar-refractivity contribution in [1.82, 2.24) is 9.55 Å². The maximum atomic E-state index is 6.42. The molecule has 3 aromatic heterocycles. The molecule has 0 aliphatic heterocycles. The smallest absolute Gasteiger partial charge is 0.145 e. The molecular weight excluding hydrogens is 500 g/mol. The molecule has 0 atom stereocenters. The normalized spacial score (nSPS) is 13.8. The molecule has 3 nitrogen and oxygen atoms in total. The molecule has 5 aromatic carbocycles. The standard InChI is InChI=1S/C38H26N2O/c1-38(2)32-11-5-3-8-26(32)30-20-23(13-17-33(30)38)24-14-18-35-31(21-24)28-16-15-25(22-36(28)41-35)40-34-12-6-4-9-27(34)29-10-7-19-39-37(29)40/h3-22H,1-2H3. The van der Waals surface area contributed by atoms with E-state index in [0.717, 1.165) is 44.2 Å². The van der Waals surface area contributed by atoms with Crippen molar-refractivity contribution in [3.63, 3.8) is 0 Å². The van der Waals surface area contributed by atoms with Gasteiger partial charge in [0.05, 0.1) is 11.2 Å². The summed E-state index contributed by atoms with van der Waals surface area (Å²) in [5.74, 6) is 0. The van der Waals surface area contributed by atoms with Crippen LogP contribution >= 0.6 is 0 Å². The van der Waals surface area contributed by atoms with Crippen LogP contribution in [0.15, 0.2) is 126 Å². The minimum Gasteiger partial charge on any atom is -0.456 e. The highest BCUT2D eigenvalue weighted by molar-refractivity contribution is 6.09. The third-order valence-corrected chi connectivity index (χ3v) is 9.06. The van der Waals surface area contributed by atoms with Crippen molar-refractivity contribution >= 4 is 43.9 Å². The lowest BCUT2D eigenvalue weighted by molar-refractivity contribution is 0.660. The van der Waals surface area contributed by atoms with Gasteiger partial charge in [-0.1, -0.05) is 74.5 Å². The molecule has 0 amide bonds. The summed E-state index contributed by atoms with van der Waals surface area (Å²) < 4.78 is 8.65. The molecule has 1 aliphatic rings. The zero-order valence-corrected chi connectivity index (χ0v) is 22.8. The van der Waals surface area contributed by atoms with E-state index >= 15 is 0 Å². The number of hydrogen-bond donors (Lipinski definition) is 0. The average molecular weight is 527 g/mol. The number of para-hydroxylation sites is 1. The Bertz CT molecular complexity index is 2300. The SMILES string of the molecule is CC1(C)c2ccccc2-c2cc(-c3ccc4oc5cc(-n6c7ccccc7c7cccnc76)ccc5c4c3)ccc21. The lowest BCUT2D eigenvalue weighted by atomic mass is 9.82. The molecule has 0 radical (unpaired) electrons. The van der Waals surface area contributed by atoms with Crippen molar-refractivity contribution in [2.45, 2.75) is 19.3 Å². The van der Waals surface area contributed by atoms with Crippen molar-refractivity contribution < 1.29 is 4.42 Å². The first-order valence-electron chi connectivity index (χ1n) is 14.1. The summed E-state index contributed by atoms with van der Waals surface area (Å²) in [4.78, 5) is 4.74. The fraction of sp³-hybridized carbons (Fsp3) is 0.0789. The van der Waals surface area contributed by atoms with E-state index in [1.54, 1.807) is 0 Å². The Kier molecular flexibility index (Phi) is 4.39. The third kappa shape index (κ3) is 3.06. The fourth-order valence-electron chi connectivity index (χ4n) is 7.04. The summed E-state index contributed by atoms with van der Waals surface area (Å²) in [6.07, 6.45) is 1.86. The molecule has 0 N–H and O–H groups in total. The Morgan fingerprint density at radius 2 is 1.37 bits per heavy atom. The number of benzene rings is 5. The van der Waals surface area contributed by atoms with Gasteiger partial charge in [-0.25, -0.2) is 4.98 Å². The van der Waals surface area contributed by atoms with E-state index in [1.165, 1.54) is 38.8 Å². The third-order valence-electron chi connectivity index (χ3n) is 9.06. The van der Waals surface area contributed by atoms with Gasteiger partial charge in [0.1, 0.15) is 16.8 Å². The quantitative estimate of drug-likeness (QED) is 0.224. The van der Waals surface area contributed by atoms with Gasteiger partial charge in [0.15, 0.2) is 0 Å². The highest BCUT2D eigenvalue weighted by Crippen LogP contribution is 2.49. The molecule has 3 heterocycles. The van der Waals surface area contributed by atoms with E-state index in [4.69, 9.17) is 9.40 Å². The number of fused-ring (bicyclic) bond motifs is 9. The van der Waals surface area contributed by atoms with Crippen LogP contribution in [0.1, 0.15) is 25.0 Å². The highest BCUT2D eigenvalue weighted by Gasteiger charge is 2.35. The predicted octanol–water partition coefficient (Wildman–Crippen LogP) is 10.1. The van der Waals surface area contributed by atoms with Crippen LogP contribution in [0.25, 0.3) is 71.8 Å². The number of hydrogen-bond acceptors (Lipinski definition) is 2. The second kappa shape index (κ2) is 7.96. The fourth-order valence-corrected chi connectivity index (χ4v) is 7.04. The van der Waals surface area contributed by atoms with Crippen molar-refractivity contribution in [3.8, 4) is 27.9 Å².